The fourth-order valence-electron chi connectivity index (χ4n) is 1.64. The molecule has 0 aliphatic carbocycles. The molecule has 0 radical (unpaired) electrons. The third-order valence-electron chi connectivity index (χ3n) is 2.58. The van der Waals surface area contributed by atoms with Crippen molar-refractivity contribution >= 4 is 38.9 Å². The van der Waals surface area contributed by atoms with Crippen molar-refractivity contribution in [3.05, 3.63) is 28.1 Å². The lowest BCUT2D eigenvalue weighted by atomic mass is 10.2. The highest BCUT2D eigenvalue weighted by molar-refractivity contribution is 7.21. The summed E-state index contributed by atoms with van der Waals surface area (Å²) in [5.74, 6) is 0.656. The molecule has 0 aliphatic rings. The van der Waals surface area contributed by atoms with Crippen LogP contribution in [0.25, 0.3) is 10.1 Å². The minimum atomic E-state index is -0.109. The quantitative estimate of drug-likeness (QED) is 0.929. The highest BCUT2D eigenvalue weighted by atomic mass is 35.5. The molecule has 1 amide bonds. The van der Waals surface area contributed by atoms with Gasteiger partial charge >= 0.3 is 0 Å². The van der Waals surface area contributed by atoms with E-state index in [1.807, 2.05) is 25.1 Å². The largest absolute Gasteiger partial charge is 0.497 e. The molecule has 5 heteroatoms. The number of amides is 1. The number of carbonyl (C=O) groups excluding carboxylic acids is 1. The topological polar surface area (TPSA) is 38.3 Å². The van der Waals surface area contributed by atoms with Crippen molar-refractivity contribution in [1.29, 1.82) is 0 Å². The van der Waals surface area contributed by atoms with E-state index in [1.54, 1.807) is 7.11 Å². The first kappa shape index (κ1) is 13.2. The zero-order valence-electron chi connectivity index (χ0n) is 10.2. The van der Waals surface area contributed by atoms with E-state index in [0.29, 0.717) is 16.4 Å². The summed E-state index contributed by atoms with van der Waals surface area (Å²) in [5, 5.41) is 4.25. The molecule has 1 aromatic heterocycles. The number of halogens is 1. The van der Waals surface area contributed by atoms with Gasteiger partial charge in [0.1, 0.15) is 10.6 Å². The van der Waals surface area contributed by atoms with Gasteiger partial charge in [-0.05, 0) is 24.6 Å². The molecule has 18 heavy (non-hydrogen) atoms. The van der Waals surface area contributed by atoms with Crippen LogP contribution in [0.5, 0.6) is 5.75 Å². The summed E-state index contributed by atoms with van der Waals surface area (Å²) in [6, 6.07) is 5.61. The molecule has 0 spiro atoms. The van der Waals surface area contributed by atoms with Gasteiger partial charge in [0, 0.05) is 16.6 Å². The van der Waals surface area contributed by atoms with Crippen molar-refractivity contribution in [2.75, 3.05) is 13.7 Å². The number of thiophene rings is 1. The summed E-state index contributed by atoms with van der Waals surface area (Å²) >= 11 is 7.62. The van der Waals surface area contributed by atoms with Crippen LogP contribution in [0.3, 0.4) is 0 Å². The van der Waals surface area contributed by atoms with E-state index in [1.165, 1.54) is 11.3 Å². The SMILES string of the molecule is CCCNC(=O)c1sc2cc(OC)ccc2c1Cl. The second-order valence-electron chi connectivity index (χ2n) is 3.86. The predicted molar refractivity (Wildman–Crippen MR) is 76.0 cm³/mol. The van der Waals surface area contributed by atoms with Gasteiger partial charge in [-0.2, -0.15) is 0 Å². The number of methoxy groups -OCH3 is 1. The third-order valence-corrected chi connectivity index (χ3v) is 4.23. The maximum absolute atomic E-state index is 11.9. The second kappa shape index (κ2) is 5.59. The average molecular weight is 284 g/mol. The fourth-order valence-corrected chi connectivity index (χ4v) is 3.10. The molecular formula is C13H14ClNO2S. The van der Waals surface area contributed by atoms with E-state index in [2.05, 4.69) is 5.32 Å². The molecule has 3 nitrogen and oxygen atoms in total. The molecule has 0 unspecified atom stereocenters. The van der Waals surface area contributed by atoms with E-state index in [0.717, 1.165) is 22.3 Å². The molecule has 1 heterocycles. The van der Waals surface area contributed by atoms with E-state index < -0.39 is 0 Å². The van der Waals surface area contributed by atoms with Crippen molar-refractivity contribution < 1.29 is 9.53 Å². The van der Waals surface area contributed by atoms with Crippen LogP contribution >= 0.6 is 22.9 Å². The molecule has 0 saturated carbocycles. The highest BCUT2D eigenvalue weighted by Gasteiger charge is 2.16. The van der Waals surface area contributed by atoms with Crippen molar-refractivity contribution in [2.45, 2.75) is 13.3 Å². The lowest BCUT2D eigenvalue weighted by Crippen LogP contribution is -2.23. The van der Waals surface area contributed by atoms with Crippen LogP contribution in [0.4, 0.5) is 0 Å². The lowest BCUT2D eigenvalue weighted by Gasteiger charge is -2.00. The summed E-state index contributed by atoms with van der Waals surface area (Å²) in [5.41, 5.74) is 0. The molecule has 0 saturated heterocycles. The van der Waals surface area contributed by atoms with Crippen molar-refractivity contribution in [1.82, 2.24) is 5.32 Å². The minimum absolute atomic E-state index is 0.109. The molecule has 1 N–H and O–H groups in total. The summed E-state index contributed by atoms with van der Waals surface area (Å²) in [4.78, 5) is 12.5. The smallest absolute Gasteiger partial charge is 0.262 e. The zero-order chi connectivity index (χ0) is 13.1. The Balaban J connectivity index is 2.40. The Bertz CT molecular complexity index is 580. The van der Waals surface area contributed by atoms with Gasteiger partial charge in [-0.15, -0.1) is 11.3 Å². The van der Waals surface area contributed by atoms with Crippen molar-refractivity contribution in [2.24, 2.45) is 0 Å². The first-order valence-electron chi connectivity index (χ1n) is 5.71. The first-order valence-corrected chi connectivity index (χ1v) is 6.91. The number of benzene rings is 1. The van der Waals surface area contributed by atoms with Crippen LogP contribution < -0.4 is 10.1 Å². The molecule has 2 aromatic rings. The highest BCUT2D eigenvalue weighted by Crippen LogP contribution is 2.37. The normalized spacial score (nSPS) is 10.6. The van der Waals surface area contributed by atoms with Crippen molar-refractivity contribution in [3.63, 3.8) is 0 Å². The lowest BCUT2D eigenvalue weighted by molar-refractivity contribution is 0.0958. The first-order chi connectivity index (χ1) is 8.67. The summed E-state index contributed by atoms with van der Waals surface area (Å²) in [6.45, 7) is 2.67. The summed E-state index contributed by atoms with van der Waals surface area (Å²) < 4.78 is 6.12. The van der Waals surface area contributed by atoms with E-state index in [-0.39, 0.29) is 5.91 Å². The third kappa shape index (κ3) is 2.44. The van der Waals surface area contributed by atoms with E-state index in [9.17, 15) is 4.79 Å². The van der Waals surface area contributed by atoms with Crippen LogP contribution in [0.15, 0.2) is 18.2 Å². The zero-order valence-corrected chi connectivity index (χ0v) is 11.8. The van der Waals surface area contributed by atoms with Gasteiger partial charge in [-0.1, -0.05) is 18.5 Å². The van der Waals surface area contributed by atoms with Crippen LogP contribution in [0.1, 0.15) is 23.0 Å². The fraction of sp³-hybridized carbons (Fsp3) is 0.308. The molecular weight excluding hydrogens is 270 g/mol. The Morgan fingerprint density at radius 3 is 2.94 bits per heavy atom. The average Bonchev–Trinajstić information content (AvgIpc) is 2.72. The summed E-state index contributed by atoms with van der Waals surface area (Å²) in [6.07, 6.45) is 0.905. The molecule has 0 aliphatic heterocycles. The van der Waals surface area contributed by atoms with Gasteiger partial charge in [0.2, 0.25) is 0 Å². The standard InChI is InChI=1S/C13H14ClNO2S/c1-3-6-15-13(16)12-11(14)9-5-4-8(17-2)7-10(9)18-12/h4-5,7H,3,6H2,1-2H3,(H,15,16). The number of nitrogens with one attached hydrogen (secondary N) is 1. The summed E-state index contributed by atoms with van der Waals surface area (Å²) in [7, 11) is 1.62. The van der Waals surface area contributed by atoms with Gasteiger partial charge in [0.15, 0.2) is 0 Å². The Morgan fingerprint density at radius 1 is 1.50 bits per heavy atom. The molecule has 2 rings (SSSR count). The maximum atomic E-state index is 11.9. The number of hydrogen-bond acceptors (Lipinski definition) is 3. The molecule has 0 bridgehead atoms. The molecule has 0 atom stereocenters. The Labute approximate surface area is 115 Å². The second-order valence-corrected chi connectivity index (χ2v) is 5.29. The van der Waals surface area contributed by atoms with E-state index in [4.69, 9.17) is 16.3 Å². The van der Waals surface area contributed by atoms with Crippen LogP contribution in [0, 0.1) is 0 Å². The number of rotatable bonds is 4. The maximum Gasteiger partial charge on any atom is 0.262 e. The van der Waals surface area contributed by atoms with Gasteiger partial charge in [-0.25, -0.2) is 0 Å². The molecule has 1 aromatic carbocycles. The number of hydrogen-bond donors (Lipinski definition) is 1. The minimum Gasteiger partial charge on any atom is -0.497 e. The van der Waals surface area contributed by atoms with Crippen LogP contribution in [-0.2, 0) is 0 Å². The molecule has 0 fully saturated rings. The number of carbonyl (C=O) groups is 1. The number of fused-ring (bicyclic) bond motifs is 1. The van der Waals surface area contributed by atoms with E-state index >= 15 is 0 Å². The Hall–Kier alpha value is -1.26. The molecule has 96 valence electrons. The monoisotopic (exact) mass is 283 g/mol. The Kier molecular flexibility index (Phi) is 4.09. The Morgan fingerprint density at radius 2 is 2.28 bits per heavy atom. The van der Waals surface area contributed by atoms with Gasteiger partial charge < -0.3 is 10.1 Å². The predicted octanol–water partition coefficient (Wildman–Crippen LogP) is 3.70. The van der Waals surface area contributed by atoms with Crippen molar-refractivity contribution in [3.8, 4) is 5.75 Å². The van der Waals surface area contributed by atoms with Gasteiger partial charge in [-0.3, -0.25) is 4.79 Å². The number of ether oxygens (including phenoxy) is 1. The van der Waals surface area contributed by atoms with Gasteiger partial charge in [0.25, 0.3) is 5.91 Å². The van der Waals surface area contributed by atoms with Gasteiger partial charge in [0.05, 0.1) is 12.1 Å². The van der Waals surface area contributed by atoms with Crippen LogP contribution in [0.2, 0.25) is 5.02 Å². The van der Waals surface area contributed by atoms with Crippen LogP contribution in [-0.4, -0.2) is 19.6 Å².